The summed E-state index contributed by atoms with van der Waals surface area (Å²) in [7, 11) is 0. The molecule has 1 N–H and O–H groups in total. The molecule has 0 aromatic heterocycles. The molecule has 0 saturated carbocycles. The van der Waals surface area contributed by atoms with Gasteiger partial charge in [-0.15, -0.1) is 0 Å². The van der Waals surface area contributed by atoms with Gasteiger partial charge in [0.05, 0.1) is 11.0 Å². The minimum atomic E-state index is -0.979. The summed E-state index contributed by atoms with van der Waals surface area (Å²) in [4.78, 5) is 46.6. The molecule has 2 aromatic carbocycles. The van der Waals surface area contributed by atoms with E-state index >= 15 is 0 Å². The largest absolute Gasteiger partial charge is 0.452 e. The van der Waals surface area contributed by atoms with Crippen LogP contribution in [0.2, 0.25) is 0 Å². The van der Waals surface area contributed by atoms with Gasteiger partial charge in [0, 0.05) is 5.56 Å². The lowest BCUT2D eigenvalue weighted by atomic mass is 10.0. The van der Waals surface area contributed by atoms with E-state index in [9.17, 15) is 24.5 Å². The molecule has 0 fully saturated rings. The molecular weight excluding hydrogens is 364 g/mol. The molecule has 146 valence electrons. The maximum Gasteiger partial charge on any atom is 0.345 e. The van der Waals surface area contributed by atoms with Crippen LogP contribution in [0.4, 0.5) is 5.69 Å². The molecule has 0 spiro atoms. The normalized spacial score (nSPS) is 11.4. The molecule has 0 saturated heterocycles. The Hall–Kier alpha value is -3.55. The highest BCUT2D eigenvalue weighted by Gasteiger charge is 2.25. The molecule has 8 heteroatoms. The van der Waals surface area contributed by atoms with E-state index in [0.29, 0.717) is 12.0 Å². The van der Waals surface area contributed by atoms with Crippen molar-refractivity contribution in [2.45, 2.75) is 26.3 Å². The number of nitro benzene ring substituents is 1. The lowest BCUT2D eigenvalue weighted by Crippen LogP contribution is -2.43. The minimum Gasteiger partial charge on any atom is -0.452 e. The Balaban J connectivity index is 1.99. The first-order valence-corrected chi connectivity index (χ1v) is 8.54. The smallest absolute Gasteiger partial charge is 0.345 e. The molecule has 0 aliphatic carbocycles. The number of hydrogen-bond donors (Lipinski definition) is 1. The van der Waals surface area contributed by atoms with E-state index in [4.69, 9.17) is 4.74 Å². The Bertz CT molecular complexity index is 895. The predicted molar refractivity (Wildman–Crippen MR) is 101 cm³/mol. The minimum absolute atomic E-state index is 0.231. The fourth-order valence-electron chi connectivity index (χ4n) is 2.66. The van der Waals surface area contributed by atoms with Crippen molar-refractivity contribution in [3.8, 4) is 0 Å². The first-order valence-electron chi connectivity index (χ1n) is 8.54. The molecular formula is C20H20N2O6. The third-order valence-electron chi connectivity index (χ3n) is 4.08. The molecule has 0 heterocycles. The van der Waals surface area contributed by atoms with Crippen LogP contribution >= 0.6 is 0 Å². The van der Waals surface area contributed by atoms with Crippen LogP contribution in [-0.2, 0) is 20.7 Å². The van der Waals surface area contributed by atoms with E-state index in [0.717, 1.165) is 5.56 Å². The van der Waals surface area contributed by atoms with Crippen LogP contribution in [0, 0.1) is 17.0 Å². The third kappa shape index (κ3) is 5.47. The number of hydrogen-bond acceptors (Lipinski definition) is 6. The molecule has 0 unspecified atom stereocenters. The Labute approximate surface area is 161 Å². The number of aryl methyl sites for hydroxylation is 1. The molecule has 0 radical (unpaired) electrons. The van der Waals surface area contributed by atoms with Crippen LogP contribution in [0.1, 0.15) is 28.4 Å². The van der Waals surface area contributed by atoms with E-state index in [-0.39, 0.29) is 17.0 Å². The van der Waals surface area contributed by atoms with Gasteiger partial charge in [-0.05, 0) is 31.9 Å². The van der Waals surface area contributed by atoms with Crippen LogP contribution in [0.25, 0.3) is 0 Å². The summed E-state index contributed by atoms with van der Waals surface area (Å²) in [5.41, 5.74) is 0.586. The number of carbonyl (C=O) groups excluding carboxylic acids is 3. The van der Waals surface area contributed by atoms with Crippen LogP contribution in [-0.4, -0.2) is 35.2 Å². The second kappa shape index (κ2) is 9.40. The zero-order chi connectivity index (χ0) is 20.7. The number of Topliss-reactive ketones (excluding diaryl/α,β-unsaturated/α-hetero) is 1. The Morgan fingerprint density at radius 2 is 1.79 bits per heavy atom. The fraction of sp³-hybridized carbons (Fsp3) is 0.250. The summed E-state index contributed by atoms with van der Waals surface area (Å²) in [6, 6.07) is 12.6. The van der Waals surface area contributed by atoms with E-state index < -0.39 is 29.4 Å². The van der Waals surface area contributed by atoms with Crippen LogP contribution < -0.4 is 5.32 Å². The number of para-hydroxylation sites is 1. The zero-order valence-corrected chi connectivity index (χ0v) is 15.5. The highest BCUT2D eigenvalue weighted by Crippen LogP contribution is 2.23. The summed E-state index contributed by atoms with van der Waals surface area (Å²) in [5, 5.41) is 13.7. The average molecular weight is 384 g/mol. The predicted octanol–water partition coefficient (Wildman–Crippen LogP) is 2.38. The number of amides is 1. The van der Waals surface area contributed by atoms with Crippen molar-refractivity contribution in [2.24, 2.45) is 0 Å². The summed E-state index contributed by atoms with van der Waals surface area (Å²) >= 11 is 0. The van der Waals surface area contributed by atoms with Gasteiger partial charge < -0.3 is 10.1 Å². The second-order valence-corrected chi connectivity index (χ2v) is 6.22. The van der Waals surface area contributed by atoms with Crippen LogP contribution in [0.3, 0.4) is 0 Å². The number of carbonyl (C=O) groups is 3. The van der Waals surface area contributed by atoms with Gasteiger partial charge in [0.15, 0.2) is 12.4 Å². The van der Waals surface area contributed by atoms with E-state index in [1.165, 1.54) is 32.0 Å². The number of nitrogens with one attached hydrogen (secondary N) is 1. The first kappa shape index (κ1) is 20.8. The summed E-state index contributed by atoms with van der Waals surface area (Å²) in [5.74, 6) is -1.88. The summed E-state index contributed by atoms with van der Waals surface area (Å²) in [6.07, 6.45) is 0.305. The van der Waals surface area contributed by atoms with Crippen molar-refractivity contribution in [1.29, 1.82) is 0 Å². The molecule has 0 bridgehead atoms. The molecule has 2 aromatic rings. The maximum absolute atomic E-state index is 12.2. The van der Waals surface area contributed by atoms with Crippen molar-refractivity contribution in [3.63, 3.8) is 0 Å². The Kier molecular flexibility index (Phi) is 6.97. The highest BCUT2D eigenvalue weighted by molar-refractivity contribution is 5.96. The van der Waals surface area contributed by atoms with Gasteiger partial charge in [-0.25, -0.2) is 4.79 Å². The standard InChI is InChI=1S/C20H20N2O6/c1-13-7-6-10-16(19(13)22(26)27)20(25)28-12-18(24)21-17(14(2)23)11-15-8-4-3-5-9-15/h3-10,17H,11-12H2,1-2H3,(H,21,24)/t17-/m0/s1. The first-order chi connectivity index (χ1) is 13.3. The second-order valence-electron chi connectivity index (χ2n) is 6.22. The molecule has 2 rings (SSSR count). The fourth-order valence-corrected chi connectivity index (χ4v) is 2.66. The van der Waals surface area contributed by atoms with Gasteiger partial charge in [-0.2, -0.15) is 0 Å². The van der Waals surface area contributed by atoms with Crippen molar-refractivity contribution in [1.82, 2.24) is 5.32 Å². The van der Waals surface area contributed by atoms with Crippen molar-refractivity contribution < 1.29 is 24.0 Å². The number of esters is 1. The molecule has 0 aliphatic rings. The summed E-state index contributed by atoms with van der Waals surface area (Å²) in [6.45, 7) is 2.21. The third-order valence-corrected chi connectivity index (χ3v) is 4.08. The highest BCUT2D eigenvalue weighted by atomic mass is 16.6. The topological polar surface area (TPSA) is 116 Å². The zero-order valence-electron chi connectivity index (χ0n) is 15.5. The quantitative estimate of drug-likeness (QED) is 0.424. The number of nitrogens with zero attached hydrogens (tertiary/aromatic N) is 1. The van der Waals surface area contributed by atoms with Crippen LogP contribution in [0.5, 0.6) is 0 Å². The van der Waals surface area contributed by atoms with E-state index in [1.54, 1.807) is 0 Å². The molecule has 1 amide bonds. The number of benzene rings is 2. The lowest BCUT2D eigenvalue weighted by Gasteiger charge is -2.16. The van der Waals surface area contributed by atoms with E-state index in [1.807, 2.05) is 30.3 Å². The van der Waals surface area contributed by atoms with Crippen molar-refractivity contribution >= 4 is 23.3 Å². The van der Waals surface area contributed by atoms with Crippen molar-refractivity contribution in [3.05, 3.63) is 75.3 Å². The van der Waals surface area contributed by atoms with Crippen molar-refractivity contribution in [2.75, 3.05) is 6.61 Å². The molecule has 0 aliphatic heterocycles. The molecule has 28 heavy (non-hydrogen) atoms. The lowest BCUT2D eigenvalue weighted by molar-refractivity contribution is -0.385. The molecule has 8 nitrogen and oxygen atoms in total. The molecule has 1 atom stereocenters. The van der Waals surface area contributed by atoms with Gasteiger partial charge in [0.1, 0.15) is 5.56 Å². The Morgan fingerprint density at radius 1 is 1.11 bits per heavy atom. The maximum atomic E-state index is 12.2. The average Bonchev–Trinajstić information content (AvgIpc) is 2.65. The number of rotatable bonds is 8. The number of ether oxygens (including phenoxy) is 1. The number of nitro groups is 1. The van der Waals surface area contributed by atoms with Gasteiger partial charge in [0.25, 0.3) is 11.6 Å². The monoisotopic (exact) mass is 384 g/mol. The Morgan fingerprint density at radius 3 is 2.39 bits per heavy atom. The van der Waals surface area contributed by atoms with Crippen LogP contribution in [0.15, 0.2) is 48.5 Å². The van der Waals surface area contributed by atoms with Gasteiger partial charge in [-0.3, -0.25) is 19.7 Å². The van der Waals surface area contributed by atoms with Gasteiger partial charge >= 0.3 is 5.97 Å². The number of ketones is 1. The SMILES string of the molecule is CC(=O)[C@H](Cc1ccccc1)NC(=O)COC(=O)c1cccc(C)c1[N+](=O)[O-]. The van der Waals surface area contributed by atoms with Gasteiger partial charge in [0.2, 0.25) is 0 Å². The van der Waals surface area contributed by atoms with E-state index in [2.05, 4.69) is 5.32 Å². The summed E-state index contributed by atoms with van der Waals surface area (Å²) < 4.78 is 4.90. The van der Waals surface area contributed by atoms with Gasteiger partial charge in [-0.1, -0.05) is 42.5 Å².